The first-order valence-corrected chi connectivity index (χ1v) is 6.72. The van der Waals surface area contributed by atoms with Crippen LogP contribution >= 0.6 is 11.6 Å². The molecule has 0 aliphatic rings. The Hall–Kier alpha value is -2.11. The van der Waals surface area contributed by atoms with E-state index in [0.29, 0.717) is 12.4 Å². The third-order valence-electron chi connectivity index (χ3n) is 2.93. The van der Waals surface area contributed by atoms with Gasteiger partial charge in [0.2, 0.25) is 0 Å². The minimum Gasteiger partial charge on any atom is -0.478 e. The number of hydrogen-bond acceptors (Lipinski definition) is 4. The smallest absolute Gasteiger partial charge is 0.337 e. The second-order valence-electron chi connectivity index (χ2n) is 4.38. The van der Waals surface area contributed by atoms with E-state index in [1.165, 1.54) is 12.3 Å². The molecule has 0 aliphatic heterocycles. The molecule has 0 saturated heterocycles. The molecule has 0 spiro atoms. The Balaban J connectivity index is 2.24. The van der Waals surface area contributed by atoms with E-state index in [1.54, 1.807) is 7.11 Å². The molecule has 5 nitrogen and oxygen atoms in total. The molecule has 2 N–H and O–H groups in total. The second kappa shape index (κ2) is 7.06. The number of aromatic nitrogens is 1. The lowest BCUT2D eigenvalue weighted by Crippen LogP contribution is -2.03. The van der Waals surface area contributed by atoms with E-state index in [0.717, 1.165) is 17.7 Å². The van der Waals surface area contributed by atoms with Crippen molar-refractivity contribution in [2.24, 2.45) is 0 Å². The highest BCUT2D eigenvalue weighted by Gasteiger charge is 2.10. The normalized spacial score (nSPS) is 10.4. The number of anilines is 2. The number of benzene rings is 1. The zero-order valence-electron chi connectivity index (χ0n) is 11.5. The van der Waals surface area contributed by atoms with Crippen LogP contribution in [-0.4, -0.2) is 29.8 Å². The fraction of sp³-hybridized carbons (Fsp3) is 0.200. The van der Waals surface area contributed by atoms with E-state index in [2.05, 4.69) is 10.3 Å². The minimum atomic E-state index is -1.06. The van der Waals surface area contributed by atoms with E-state index >= 15 is 0 Å². The van der Waals surface area contributed by atoms with Gasteiger partial charge < -0.3 is 15.2 Å². The van der Waals surface area contributed by atoms with Crippen molar-refractivity contribution in [3.05, 3.63) is 52.7 Å². The molecule has 0 atom stereocenters. The monoisotopic (exact) mass is 306 g/mol. The van der Waals surface area contributed by atoms with Gasteiger partial charge in [0.15, 0.2) is 0 Å². The van der Waals surface area contributed by atoms with Gasteiger partial charge >= 0.3 is 5.97 Å². The van der Waals surface area contributed by atoms with Crippen molar-refractivity contribution in [2.45, 2.75) is 6.42 Å². The van der Waals surface area contributed by atoms with Crippen molar-refractivity contribution in [3.63, 3.8) is 0 Å². The average Bonchev–Trinajstić information content (AvgIpc) is 2.48. The molecular weight excluding hydrogens is 292 g/mol. The van der Waals surface area contributed by atoms with Crippen LogP contribution in [0.4, 0.5) is 11.5 Å². The lowest BCUT2D eigenvalue weighted by atomic mass is 10.1. The van der Waals surface area contributed by atoms with Crippen LogP contribution in [0, 0.1) is 0 Å². The third kappa shape index (κ3) is 3.93. The zero-order valence-corrected chi connectivity index (χ0v) is 12.2. The van der Waals surface area contributed by atoms with Crippen LogP contribution in [0.2, 0.25) is 5.02 Å². The zero-order chi connectivity index (χ0) is 15.2. The number of hydrogen-bond donors (Lipinski definition) is 2. The molecule has 0 unspecified atom stereocenters. The van der Waals surface area contributed by atoms with E-state index in [9.17, 15) is 4.79 Å². The SMILES string of the molecule is COCCc1ccccc1Nc1ncc(C(=O)O)cc1Cl. The van der Waals surface area contributed by atoms with Gasteiger partial charge in [0.1, 0.15) is 5.82 Å². The summed E-state index contributed by atoms with van der Waals surface area (Å²) in [6.07, 6.45) is 2.03. The van der Waals surface area contributed by atoms with Crippen LogP contribution in [0.15, 0.2) is 36.5 Å². The molecule has 0 fully saturated rings. The van der Waals surface area contributed by atoms with Crippen LogP contribution in [-0.2, 0) is 11.2 Å². The maximum Gasteiger partial charge on any atom is 0.337 e. The highest BCUT2D eigenvalue weighted by molar-refractivity contribution is 6.33. The lowest BCUT2D eigenvalue weighted by Gasteiger charge is -2.12. The summed E-state index contributed by atoms with van der Waals surface area (Å²) in [6.45, 7) is 0.609. The maximum absolute atomic E-state index is 10.9. The Morgan fingerprint density at radius 3 is 2.86 bits per heavy atom. The number of carboxylic acids is 1. The second-order valence-corrected chi connectivity index (χ2v) is 4.79. The average molecular weight is 307 g/mol. The van der Waals surface area contributed by atoms with Crippen molar-refractivity contribution >= 4 is 29.1 Å². The minimum absolute atomic E-state index is 0.0539. The molecule has 0 aliphatic carbocycles. The van der Waals surface area contributed by atoms with E-state index in [-0.39, 0.29) is 10.6 Å². The quantitative estimate of drug-likeness (QED) is 0.856. The number of pyridine rings is 1. The number of rotatable bonds is 6. The van der Waals surface area contributed by atoms with E-state index in [1.807, 2.05) is 24.3 Å². The number of carboxylic acid groups (broad SMARTS) is 1. The Labute approximate surface area is 127 Å². The summed E-state index contributed by atoms with van der Waals surface area (Å²) in [7, 11) is 1.65. The van der Waals surface area contributed by atoms with Crippen LogP contribution in [0.3, 0.4) is 0 Å². The summed E-state index contributed by atoms with van der Waals surface area (Å²) in [6, 6.07) is 9.11. The van der Waals surface area contributed by atoms with Gasteiger partial charge in [-0.3, -0.25) is 0 Å². The first kappa shape index (κ1) is 15.3. The summed E-state index contributed by atoms with van der Waals surface area (Å²) in [5.74, 6) is -0.636. The van der Waals surface area contributed by atoms with Gasteiger partial charge in [-0.2, -0.15) is 0 Å². The number of carbonyl (C=O) groups is 1. The number of ether oxygens (including phenoxy) is 1. The fourth-order valence-electron chi connectivity index (χ4n) is 1.85. The first-order valence-electron chi connectivity index (χ1n) is 6.34. The highest BCUT2D eigenvalue weighted by atomic mass is 35.5. The summed E-state index contributed by atoms with van der Waals surface area (Å²) < 4.78 is 5.08. The summed E-state index contributed by atoms with van der Waals surface area (Å²) in [5.41, 5.74) is 1.99. The molecule has 1 heterocycles. The predicted octanol–water partition coefficient (Wildman–Crippen LogP) is 3.37. The van der Waals surface area contributed by atoms with Gasteiger partial charge in [0.25, 0.3) is 0 Å². The largest absolute Gasteiger partial charge is 0.478 e. The number of para-hydroxylation sites is 1. The molecule has 110 valence electrons. The van der Waals surface area contributed by atoms with Crippen molar-refractivity contribution in [2.75, 3.05) is 19.0 Å². The van der Waals surface area contributed by atoms with Gasteiger partial charge in [-0.15, -0.1) is 0 Å². The Morgan fingerprint density at radius 2 is 2.19 bits per heavy atom. The number of nitrogens with zero attached hydrogens (tertiary/aromatic N) is 1. The first-order chi connectivity index (χ1) is 10.1. The van der Waals surface area contributed by atoms with Gasteiger partial charge in [0, 0.05) is 19.0 Å². The molecule has 0 amide bonds. The fourth-order valence-corrected chi connectivity index (χ4v) is 2.06. The number of halogens is 1. The van der Waals surface area contributed by atoms with Gasteiger partial charge in [0.05, 0.1) is 17.2 Å². The van der Waals surface area contributed by atoms with E-state index < -0.39 is 5.97 Å². The van der Waals surface area contributed by atoms with Crippen LogP contribution in [0.1, 0.15) is 15.9 Å². The summed E-state index contributed by atoms with van der Waals surface area (Å²) >= 11 is 6.07. The van der Waals surface area contributed by atoms with Crippen molar-refractivity contribution in [1.29, 1.82) is 0 Å². The maximum atomic E-state index is 10.9. The van der Waals surface area contributed by atoms with Crippen LogP contribution in [0.5, 0.6) is 0 Å². The molecule has 1 aromatic carbocycles. The number of methoxy groups -OCH3 is 1. The topological polar surface area (TPSA) is 71.5 Å². The number of aromatic carboxylic acids is 1. The van der Waals surface area contributed by atoms with Crippen molar-refractivity contribution in [1.82, 2.24) is 4.98 Å². The highest BCUT2D eigenvalue weighted by Crippen LogP contribution is 2.26. The lowest BCUT2D eigenvalue weighted by molar-refractivity contribution is 0.0696. The van der Waals surface area contributed by atoms with Gasteiger partial charge in [-0.05, 0) is 24.1 Å². The van der Waals surface area contributed by atoms with Crippen LogP contribution in [0.25, 0.3) is 0 Å². The predicted molar refractivity (Wildman–Crippen MR) is 81.5 cm³/mol. The van der Waals surface area contributed by atoms with Crippen molar-refractivity contribution < 1.29 is 14.6 Å². The summed E-state index contributed by atoms with van der Waals surface area (Å²) in [5, 5.41) is 12.3. The van der Waals surface area contributed by atoms with Crippen molar-refractivity contribution in [3.8, 4) is 0 Å². The Morgan fingerprint density at radius 1 is 1.43 bits per heavy atom. The molecule has 0 radical (unpaired) electrons. The molecule has 2 rings (SSSR count). The van der Waals surface area contributed by atoms with Gasteiger partial charge in [-0.25, -0.2) is 9.78 Å². The standard InChI is InChI=1S/C15H15ClN2O3/c1-21-7-6-10-4-2-3-5-13(10)18-14-12(16)8-11(9-17-14)15(19)20/h2-5,8-9H,6-7H2,1H3,(H,17,18)(H,19,20). The Kier molecular flexibility index (Phi) is 5.14. The molecule has 1 aromatic heterocycles. The molecular formula is C15H15ClN2O3. The third-order valence-corrected chi connectivity index (χ3v) is 3.22. The molecule has 0 bridgehead atoms. The van der Waals surface area contributed by atoms with Gasteiger partial charge in [-0.1, -0.05) is 29.8 Å². The molecule has 2 aromatic rings. The Bertz CT molecular complexity index is 647. The number of nitrogens with one attached hydrogen (secondary N) is 1. The molecule has 21 heavy (non-hydrogen) atoms. The summed E-state index contributed by atoms with van der Waals surface area (Å²) in [4.78, 5) is 14.9. The molecule has 6 heteroatoms. The van der Waals surface area contributed by atoms with E-state index in [4.69, 9.17) is 21.4 Å². The van der Waals surface area contributed by atoms with Crippen LogP contribution < -0.4 is 5.32 Å². The molecule has 0 saturated carbocycles.